The largest absolute Gasteiger partial charge is 0.474 e. The molecule has 0 fully saturated rings. The molecular weight excluding hydrogens is 673 g/mol. The van der Waals surface area contributed by atoms with Gasteiger partial charge in [-0.2, -0.15) is 0 Å². The molecule has 2 heterocycles. The van der Waals surface area contributed by atoms with E-state index >= 15 is 0 Å². The minimum Gasteiger partial charge on any atom is -0.474 e. The van der Waals surface area contributed by atoms with Crippen molar-refractivity contribution in [3.05, 3.63) is 141 Å². The second-order valence-electron chi connectivity index (χ2n) is 21.1. The SMILES string of the molecule is CC(C)(C)c1cc(CC(Cc2cc(C(C)(C)C)cc(C(C)(C)C)c2)(C2=N[C@@H]3c4ccccc4C[C@@H]3O2)C2=N[C@H]3c4ccccc4C[C@H]3O2)cc(C(C)(C)C)c1. The van der Waals surface area contributed by atoms with Gasteiger partial charge in [0.2, 0.25) is 11.8 Å². The summed E-state index contributed by atoms with van der Waals surface area (Å²) in [5.41, 5.74) is 12.3. The number of aliphatic imine (C=N–C) groups is 2. The number of hydrogen-bond acceptors (Lipinski definition) is 4. The van der Waals surface area contributed by atoms with Gasteiger partial charge in [-0.25, -0.2) is 9.98 Å². The third-order valence-corrected chi connectivity index (χ3v) is 12.6. The maximum atomic E-state index is 7.26. The normalized spacial score (nSPS) is 22.0. The van der Waals surface area contributed by atoms with E-state index in [2.05, 4.69) is 168 Å². The fourth-order valence-electron chi connectivity index (χ4n) is 9.14. The Kier molecular flexibility index (Phi) is 8.87. The molecule has 0 saturated heterocycles. The highest BCUT2D eigenvalue weighted by Gasteiger charge is 2.55. The van der Waals surface area contributed by atoms with E-state index in [1.165, 1.54) is 55.6 Å². The van der Waals surface area contributed by atoms with Gasteiger partial charge in [-0.3, -0.25) is 0 Å². The topological polar surface area (TPSA) is 43.2 Å². The zero-order valence-electron chi connectivity index (χ0n) is 35.4. The van der Waals surface area contributed by atoms with Crippen LogP contribution < -0.4 is 0 Å². The van der Waals surface area contributed by atoms with Crippen molar-refractivity contribution in [1.82, 2.24) is 0 Å². The number of rotatable bonds is 6. The lowest BCUT2D eigenvalue weighted by atomic mass is 9.71. The van der Waals surface area contributed by atoms with Gasteiger partial charge < -0.3 is 9.47 Å². The molecule has 4 aliphatic rings. The summed E-state index contributed by atoms with van der Waals surface area (Å²) in [4.78, 5) is 11.3. The smallest absolute Gasteiger partial charge is 0.201 e. The monoisotopic (exact) mass is 734 g/mol. The van der Waals surface area contributed by atoms with Gasteiger partial charge in [0.1, 0.15) is 29.7 Å². The van der Waals surface area contributed by atoms with Crippen LogP contribution in [-0.4, -0.2) is 24.0 Å². The minimum absolute atomic E-state index is 0.0223. The predicted molar refractivity (Wildman–Crippen MR) is 228 cm³/mol. The lowest BCUT2D eigenvalue weighted by Crippen LogP contribution is -2.45. The molecule has 0 unspecified atom stereocenters. The second kappa shape index (κ2) is 12.9. The molecular formula is C51H62N2O2. The van der Waals surface area contributed by atoms with E-state index in [1.807, 2.05) is 0 Å². The van der Waals surface area contributed by atoms with Crippen molar-refractivity contribution in [1.29, 1.82) is 0 Å². The molecule has 0 saturated carbocycles. The van der Waals surface area contributed by atoms with Crippen LogP contribution in [0.3, 0.4) is 0 Å². The molecule has 0 spiro atoms. The van der Waals surface area contributed by atoms with E-state index in [9.17, 15) is 0 Å². The Labute approximate surface area is 330 Å². The Bertz CT molecular complexity index is 1970. The molecule has 55 heavy (non-hydrogen) atoms. The van der Waals surface area contributed by atoms with E-state index in [0.717, 1.165) is 24.6 Å². The molecule has 4 aromatic rings. The Morgan fingerprint density at radius 1 is 0.473 bits per heavy atom. The van der Waals surface area contributed by atoms with Crippen LogP contribution in [0.15, 0.2) is 94.9 Å². The maximum Gasteiger partial charge on any atom is 0.201 e. The predicted octanol–water partition coefficient (Wildman–Crippen LogP) is 11.8. The highest BCUT2D eigenvalue weighted by atomic mass is 16.5. The summed E-state index contributed by atoms with van der Waals surface area (Å²) in [5.74, 6) is 1.56. The van der Waals surface area contributed by atoms with E-state index in [-0.39, 0.29) is 46.0 Å². The fourth-order valence-corrected chi connectivity index (χ4v) is 9.14. The molecule has 4 atom stereocenters. The van der Waals surface area contributed by atoms with Gasteiger partial charge in [0.25, 0.3) is 0 Å². The summed E-state index contributed by atoms with van der Waals surface area (Å²) in [6, 6.07) is 32.0. The van der Waals surface area contributed by atoms with Gasteiger partial charge in [0, 0.05) is 12.8 Å². The lowest BCUT2D eigenvalue weighted by molar-refractivity contribution is 0.162. The number of benzene rings is 4. The Morgan fingerprint density at radius 2 is 0.800 bits per heavy atom. The maximum absolute atomic E-state index is 7.26. The molecule has 4 heteroatoms. The van der Waals surface area contributed by atoms with E-state index in [1.54, 1.807) is 0 Å². The first-order valence-electron chi connectivity index (χ1n) is 20.6. The first kappa shape index (κ1) is 37.7. The van der Waals surface area contributed by atoms with Crippen molar-refractivity contribution in [3.63, 3.8) is 0 Å². The molecule has 0 amide bonds. The fraction of sp³-hybridized carbons (Fsp3) is 0.490. The first-order valence-corrected chi connectivity index (χ1v) is 20.6. The summed E-state index contributed by atoms with van der Waals surface area (Å²) in [6.07, 6.45) is 2.99. The summed E-state index contributed by atoms with van der Waals surface area (Å²) >= 11 is 0. The Morgan fingerprint density at radius 3 is 1.13 bits per heavy atom. The quantitative estimate of drug-likeness (QED) is 0.198. The van der Waals surface area contributed by atoms with Crippen LogP contribution in [0.2, 0.25) is 0 Å². The molecule has 2 aliphatic carbocycles. The van der Waals surface area contributed by atoms with E-state index < -0.39 is 5.41 Å². The third-order valence-electron chi connectivity index (χ3n) is 12.6. The Balaban J connectivity index is 1.38. The van der Waals surface area contributed by atoms with Crippen molar-refractivity contribution < 1.29 is 9.47 Å². The van der Waals surface area contributed by atoms with Crippen molar-refractivity contribution >= 4 is 11.8 Å². The number of nitrogens with zero attached hydrogens (tertiary/aromatic N) is 2. The van der Waals surface area contributed by atoms with Crippen LogP contribution in [0.4, 0.5) is 0 Å². The van der Waals surface area contributed by atoms with Gasteiger partial charge in [0.15, 0.2) is 0 Å². The van der Waals surface area contributed by atoms with Gasteiger partial charge >= 0.3 is 0 Å². The second-order valence-corrected chi connectivity index (χ2v) is 21.1. The molecule has 0 N–H and O–H groups in total. The number of hydrogen-bond donors (Lipinski definition) is 0. The molecule has 0 radical (unpaired) electrons. The van der Waals surface area contributed by atoms with Crippen molar-refractivity contribution in [3.8, 4) is 0 Å². The van der Waals surface area contributed by atoms with Crippen LogP contribution in [0, 0.1) is 5.41 Å². The van der Waals surface area contributed by atoms with Crippen molar-refractivity contribution in [2.24, 2.45) is 15.4 Å². The lowest BCUT2D eigenvalue weighted by Gasteiger charge is -2.36. The Hall–Kier alpha value is -4.18. The molecule has 288 valence electrons. The highest BCUT2D eigenvalue weighted by molar-refractivity contribution is 6.07. The molecule has 8 rings (SSSR count). The van der Waals surface area contributed by atoms with Crippen molar-refractivity contribution in [2.75, 3.05) is 0 Å². The van der Waals surface area contributed by atoms with Crippen molar-refractivity contribution in [2.45, 2.75) is 155 Å². The van der Waals surface area contributed by atoms with Gasteiger partial charge in [0.05, 0.1) is 0 Å². The molecule has 0 bridgehead atoms. The van der Waals surface area contributed by atoms with Crippen LogP contribution >= 0.6 is 0 Å². The highest BCUT2D eigenvalue weighted by Crippen LogP contribution is 2.50. The zero-order chi connectivity index (χ0) is 39.3. The van der Waals surface area contributed by atoms with Gasteiger partial charge in [-0.05, 0) is 90.1 Å². The molecule has 0 aromatic heterocycles. The zero-order valence-corrected chi connectivity index (χ0v) is 35.4. The first-order chi connectivity index (χ1) is 25.7. The van der Waals surface area contributed by atoms with Crippen LogP contribution in [0.25, 0.3) is 0 Å². The summed E-state index contributed by atoms with van der Waals surface area (Å²) in [7, 11) is 0. The molecule has 2 aliphatic heterocycles. The third kappa shape index (κ3) is 6.97. The van der Waals surface area contributed by atoms with Crippen LogP contribution in [-0.2, 0) is 56.8 Å². The average Bonchev–Trinajstić information content (AvgIpc) is 3.86. The minimum atomic E-state index is -0.768. The summed E-state index contributed by atoms with van der Waals surface area (Å²) in [6.45, 7) is 27.9. The molecule has 4 nitrogen and oxygen atoms in total. The number of ether oxygens (including phenoxy) is 2. The summed E-state index contributed by atoms with van der Waals surface area (Å²) < 4.78 is 14.5. The van der Waals surface area contributed by atoms with E-state index in [0.29, 0.717) is 12.8 Å². The average molecular weight is 735 g/mol. The van der Waals surface area contributed by atoms with Gasteiger partial charge in [-0.1, -0.05) is 168 Å². The van der Waals surface area contributed by atoms with Crippen LogP contribution in [0.1, 0.15) is 151 Å². The van der Waals surface area contributed by atoms with Crippen LogP contribution in [0.5, 0.6) is 0 Å². The molecule has 4 aromatic carbocycles. The summed E-state index contributed by atoms with van der Waals surface area (Å²) in [5, 5.41) is 0. The standard InChI is InChI=1S/C51H62N2O2/c1-47(2,3)35-21-31(22-36(27-35)48(4,5)6)29-51(45-52-43-39-19-15-13-17-33(39)25-41(43)54-45,46-53-44-40-20-16-14-18-34(40)26-42(44)55-46)30-32-23-37(49(7,8)9)28-38(24-32)50(10,11)12/h13-24,27-28,41-44H,25-26,29-30H2,1-12H3/t41-,42+,43+,44-. The van der Waals surface area contributed by atoms with Gasteiger partial charge in [-0.15, -0.1) is 0 Å². The van der Waals surface area contributed by atoms with E-state index in [4.69, 9.17) is 19.5 Å². The number of fused-ring (bicyclic) bond motifs is 6.